The van der Waals surface area contributed by atoms with Crippen molar-refractivity contribution >= 4 is 46.1 Å². The zero-order chi connectivity index (χ0) is 25.9. The van der Waals surface area contributed by atoms with Gasteiger partial charge in [-0.2, -0.15) is 12.6 Å². The van der Waals surface area contributed by atoms with Crippen LogP contribution in [0.15, 0.2) is 39.9 Å². The van der Waals surface area contributed by atoms with Gasteiger partial charge in [0.1, 0.15) is 16.3 Å². The number of esters is 1. The zero-order valence-corrected chi connectivity index (χ0v) is 21.6. The number of nitrogens with zero attached hydrogens (tertiary/aromatic N) is 2. The molecule has 3 aromatic rings. The van der Waals surface area contributed by atoms with Gasteiger partial charge in [0.05, 0.1) is 29.5 Å². The summed E-state index contributed by atoms with van der Waals surface area (Å²) in [6.45, 7) is 6.38. The smallest absolute Gasteiger partial charge is 0.348 e. The summed E-state index contributed by atoms with van der Waals surface area (Å²) in [5.41, 5.74) is -0.354. The number of hydrogen-bond donors (Lipinski definition) is 2. The lowest BCUT2D eigenvalue weighted by atomic mass is 10.1. The van der Waals surface area contributed by atoms with Crippen LogP contribution in [0.25, 0.3) is 10.2 Å². The van der Waals surface area contributed by atoms with E-state index in [0.717, 1.165) is 16.9 Å². The van der Waals surface area contributed by atoms with Crippen molar-refractivity contribution in [3.8, 4) is 0 Å². The summed E-state index contributed by atoms with van der Waals surface area (Å²) in [5.74, 6) is -1.94. The van der Waals surface area contributed by atoms with E-state index in [1.54, 1.807) is 13.8 Å². The normalized spacial score (nSPS) is 13.2. The number of carbonyl (C=O) groups excluding carboxylic acids is 1. The molecule has 2 heterocycles. The number of aliphatic carboxylic acids is 1. The van der Waals surface area contributed by atoms with E-state index >= 15 is 0 Å². The van der Waals surface area contributed by atoms with Crippen LogP contribution in [0.1, 0.15) is 47.7 Å². The molecule has 0 spiro atoms. The summed E-state index contributed by atoms with van der Waals surface area (Å²) in [4.78, 5) is 50.9. The molecule has 2 atom stereocenters. The van der Waals surface area contributed by atoms with Gasteiger partial charge in [0.25, 0.3) is 5.56 Å². The molecule has 0 amide bonds. The monoisotopic (exact) mass is 520 g/mol. The SMILES string of the molecule is CCOC(=O)c1sc2c(c1C)c(=O)n(CC(=O)O)c(=O)n2CC(S)C(OC(C)C)c1ccccc1. The maximum atomic E-state index is 13.4. The number of carbonyl (C=O) groups is 2. The van der Waals surface area contributed by atoms with Crippen LogP contribution in [0.5, 0.6) is 0 Å². The van der Waals surface area contributed by atoms with E-state index in [-0.39, 0.29) is 34.3 Å². The molecule has 1 aromatic carbocycles. The second-order valence-corrected chi connectivity index (χ2v) is 9.88. The van der Waals surface area contributed by atoms with Crippen LogP contribution in [-0.2, 0) is 27.4 Å². The lowest BCUT2D eigenvalue weighted by Gasteiger charge is -2.27. The average molecular weight is 521 g/mol. The van der Waals surface area contributed by atoms with Crippen molar-refractivity contribution in [2.45, 2.75) is 58.2 Å². The van der Waals surface area contributed by atoms with Crippen molar-refractivity contribution in [3.63, 3.8) is 0 Å². The number of aromatic nitrogens is 2. The van der Waals surface area contributed by atoms with Crippen molar-refractivity contribution in [2.75, 3.05) is 6.61 Å². The first kappa shape index (κ1) is 26.7. The van der Waals surface area contributed by atoms with Crippen LogP contribution in [0, 0.1) is 6.92 Å². The Kier molecular flexibility index (Phi) is 8.57. The Bertz CT molecular complexity index is 1340. The molecule has 0 aliphatic heterocycles. The highest BCUT2D eigenvalue weighted by molar-refractivity contribution is 7.81. The van der Waals surface area contributed by atoms with Gasteiger partial charge in [-0.05, 0) is 38.8 Å². The first-order chi connectivity index (χ1) is 16.6. The molecular weight excluding hydrogens is 492 g/mol. The van der Waals surface area contributed by atoms with Crippen LogP contribution >= 0.6 is 24.0 Å². The van der Waals surface area contributed by atoms with Crippen LogP contribution in [0.4, 0.5) is 0 Å². The van der Waals surface area contributed by atoms with E-state index in [1.807, 2.05) is 44.2 Å². The number of ether oxygens (including phenoxy) is 2. The quantitative estimate of drug-likeness (QED) is 0.311. The average Bonchev–Trinajstić information content (AvgIpc) is 3.15. The summed E-state index contributed by atoms with van der Waals surface area (Å²) in [5, 5.41) is 8.89. The lowest BCUT2D eigenvalue weighted by molar-refractivity contribution is -0.137. The van der Waals surface area contributed by atoms with Crippen molar-refractivity contribution in [3.05, 3.63) is 67.2 Å². The van der Waals surface area contributed by atoms with Gasteiger partial charge >= 0.3 is 17.6 Å². The maximum absolute atomic E-state index is 13.4. The summed E-state index contributed by atoms with van der Waals surface area (Å²) in [6, 6.07) is 9.42. The molecule has 11 heteroatoms. The highest BCUT2D eigenvalue weighted by atomic mass is 32.1. The number of fused-ring (bicyclic) bond motifs is 1. The van der Waals surface area contributed by atoms with E-state index in [9.17, 15) is 24.3 Å². The highest BCUT2D eigenvalue weighted by Gasteiger charge is 2.28. The van der Waals surface area contributed by atoms with Crippen LogP contribution < -0.4 is 11.2 Å². The van der Waals surface area contributed by atoms with E-state index < -0.39 is 41.1 Å². The van der Waals surface area contributed by atoms with Crippen LogP contribution in [0.3, 0.4) is 0 Å². The minimum Gasteiger partial charge on any atom is -0.480 e. The number of carboxylic acids is 1. The van der Waals surface area contributed by atoms with Gasteiger partial charge in [-0.15, -0.1) is 11.3 Å². The standard InChI is InChI=1S/C24H28N2O7S2/c1-5-32-23(30)20-14(4)18-21(29)25(12-17(27)28)24(31)26(22(18)35-20)11-16(34)19(33-13(2)3)15-9-7-6-8-10-15/h6-10,13,16,19,34H,5,11-12H2,1-4H3,(H,27,28). The molecule has 1 N–H and O–H groups in total. The van der Waals surface area contributed by atoms with Crippen molar-refractivity contribution < 1.29 is 24.2 Å². The van der Waals surface area contributed by atoms with Gasteiger partial charge in [0.2, 0.25) is 0 Å². The molecule has 2 unspecified atom stereocenters. The number of aryl methyl sites for hydroxylation is 1. The third kappa shape index (κ3) is 5.68. The Hall–Kier alpha value is -2.89. The number of thiophene rings is 1. The third-order valence-corrected chi connectivity index (χ3v) is 7.04. The Balaban J connectivity index is 2.21. The molecule has 0 saturated heterocycles. The maximum Gasteiger partial charge on any atom is 0.348 e. The minimum atomic E-state index is -1.33. The number of rotatable bonds is 10. The van der Waals surface area contributed by atoms with E-state index in [0.29, 0.717) is 10.1 Å². The molecule has 0 fully saturated rings. The topological polar surface area (TPSA) is 117 Å². The Labute approximate surface area is 211 Å². The second kappa shape index (κ2) is 11.2. The van der Waals surface area contributed by atoms with E-state index in [2.05, 4.69) is 0 Å². The Morgan fingerprint density at radius 2 is 1.80 bits per heavy atom. The summed E-state index contributed by atoms with van der Waals surface area (Å²) < 4.78 is 13.2. The van der Waals surface area contributed by atoms with Gasteiger partial charge in [-0.25, -0.2) is 14.2 Å². The van der Waals surface area contributed by atoms with Gasteiger partial charge in [0.15, 0.2) is 0 Å². The molecule has 9 nitrogen and oxygen atoms in total. The van der Waals surface area contributed by atoms with Crippen molar-refractivity contribution in [1.29, 1.82) is 0 Å². The lowest BCUT2D eigenvalue weighted by Crippen LogP contribution is -2.43. The molecule has 0 bridgehead atoms. The van der Waals surface area contributed by atoms with Gasteiger partial charge in [-0.1, -0.05) is 30.3 Å². The Morgan fingerprint density at radius 1 is 1.14 bits per heavy atom. The summed E-state index contributed by atoms with van der Waals surface area (Å²) >= 11 is 5.73. The van der Waals surface area contributed by atoms with Gasteiger partial charge < -0.3 is 14.6 Å². The van der Waals surface area contributed by atoms with Crippen LogP contribution in [-0.4, -0.2) is 44.1 Å². The van der Waals surface area contributed by atoms with E-state index in [1.165, 1.54) is 4.57 Å². The molecule has 0 aliphatic rings. The number of carboxylic acid groups (broad SMARTS) is 1. The highest BCUT2D eigenvalue weighted by Crippen LogP contribution is 2.31. The molecule has 188 valence electrons. The molecule has 0 aliphatic carbocycles. The first-order valence-electron chi connectivity index (χ1n) is 11.1. The predicted octanol–water partition coefficient (Wildman–Crippen LogP) is 3.26. The van der Waals surface area contributed by atoms with Crippen molar-refractivity contribution in [2.24, 2.45) is 0 Å². The van der Waals surface area contributed by atoms with Gasteiger partial charge in [-0.3, -0.25) is 14.2 Å². The fourth-order valence-corrected chi connectivity index (χ4v) is 5.43. The van der Waals surface area contributed by atoms with Crippen molar-refractivity contribution in [1.82, 2.24) is 9.13 Å². The fourth-order valence-electron chi connectivity index (χ4n) is 3.83. The fraction of sp³-hybridized carbons (Fsp3) is 0.417. The first-order valence-corrected chi connectivity index (χ1v) is 12.4. The summed E-state index contributed by atoms with van der Waals surface area (Å²) in [6.07, 6.45) is -0.626. The third-order valence-electron chi connectivity index (χ3n) is 5.31. The predicted molar refractivity (Wildman–Crippen MR) is 137 cm³/mol. The molecule has 2 aromatic heterocycles. The molecule has 3 rings (SSSR count). The minimum absolute atomic E-state index is 0.00679. The number of thiol groups is 1. The molecule has 0 saturated carbocycles. The molecule has 35 heavy (non-hydrogen) atoms. The molecule has 0 radical (unpaired) electrons. The zero-order valence-electron chi connectivity index (χ0n) is 19.9. The Morgan fingerprint density at radius 3 is 2.37 bits per heavy atom. The number of benzene rings is 1. The van der Waals surface area contributed by atoms with E-state index in [4.69, 9.17) is 22.1 Å². The van der Waals surface area contributed by atoms with Gasteiger partial charge in [0, 0.05) is 6.54 Å². The largest absolute Gasteiger partial charge is 0.480 e. The summed E-state index contributed by atoms with van der Waals surface area (Å²) in [7, 11) is 0. The van der Waals surface area contributed by atoms with Crippen LogP contribution in [0.2, 0.25) is 0 Å². The number of hydrogen-bond acceptors (Lipinski definition) is 8. The second-order valence-electron chi connectivity index (χ2n) is 8.22. The molecular formula is C24H28N2O7S2.